The first kappa shape index (κ1) is 74.7. The van der Waals surface area contributed by atoms with E-state index in [2.05, 4.69) is 93.7 Å². The predicted octanol–water partition coefficient (Wildman–Crippen LogP) is 19.0. The molecule has 0 aliphatic rings. The first-order chi connectivity index (χ1) is 38.2. The molecule has 3 atom stereocenters. The first-order valence-electron chi connectivity index (χ1n) is 31.5. The maximum atomic E-state index is 12.9. The Morgan fingerprint density at radius 1 is 0.372 bits per heavy atom. The van der Waals surface area contributed by atoms with Crippen molar-refractivity contribution >= 4 is 25.7 Å². The van der Waals surface area contributed by atoms with Gasteiger partial charge in [-0.3, -0.25) is 23.4 Å². The Kier molecular flexibility index (Phi) is 57.2. The van der Waals surface area contributed by atoms with Crippen LogP contribution in [0, 0.1) is 0 Å². The van der Waals surface area contributed by atoms with Crippen LogP contribution in [0.25, 0.3) is 0 Å². The van der Waals surface area contributed by atoms with Gasteiger partial charge in [0.1, 0.15) is 12.7 Å². The number of phosphoric acid groups is 1. The number of carbonyl (C=O) groups excluding carboxylic acids is 3. The number of unbranched alkanes of at least 4 members (excludes halogenated alkanes) is 27. The molecule has 12 heteroatoms. The molecule has 0 radical (unpaired) electrons. The van der Waals surface area contributed by atoms with E-state index in [1.807, 2.05) is 12.2 Å². The Morgan fingerprint density at radius 2 is 0.679 bits per heavy atom. The van der Waals surface area contributed by atoms with Crippen molar-refractivity contribution in [3.63, 3.8) is 0 Å². The third-order valence-electron chi connectivity index (χ3n) is 13.3. The molecule has 78 heavy (non-hydrogen) atoms. The first-order valence-corrected chi connectivity index (χ1v) is 33.0. The highest BCUT2D eigenvalue weighted by Crippen LogP contribution is 2.43. The maximum Gasteiger partial charge on any atom is 0.472 e. The van der Waals surface area contributed by atoms with E-state index in [4.69, 9.17) is 23.3 Å². The third-order valence-corrected chi connectivity index (χ3v) is 14.3. The van der Waals surface area contributed by atoms with Crippen LogP contribution in [-0.4, -0.2) is 66.5 Å². The fourth-order valence-electron chi connectivity index (χ4n) is 8.54. The molecule has 0 saturated heterocycles. The summed E-state index contributed by atoms with van der Waals surface area (Å²) < 4.78 is 39.6. The van der Waals surface area contributed by atoms with Gasteiger partial charge in [-0.05, 0) is 89.9 Å². The topological polar surface area (TPSA) is 155 Å². The van der Waals surface area contributed by atoms with Crippen LogP contribution in [0.5, 0.6) is 0 Å². The van der Waals surface area contributed by atoms with Gasteiger partial charge >= 0.3 is 25.7 Å². The number of hydrogen-bond acceptors (Lipinski definition) is 10. The van der Waals surface area contributed by atoms with E-state index in [1.165, 1.54) is 128 Å². The number of rotatable bonds is 58. The normalized spacial score (nSPS) is 13.9. The van der Waals surface area contributed by atoms with Gasteiger partial charge in [-0.2, -0.15) is 0 Å². The van der Waals surface area contributed by atoms with Crippen LogP contribution in [0.2, 0.25) is 0 Å². The molecule has 450 valence electrons. The summed E-state index contributed by atoms with van der Waals surface area (Å²) in [6, 6.07) is 0. The molecule has 0 saturated carbocycles. The van der Waals surface area contributed by atoms with Crippen LogP contribution >= 0.6 is 7.82 Å². The maximum absolute atomic E-state index is 12.9. The van der Waals surface area contributed by atoms with Crippen LogP contribution in [-0.2, 0) is 42.2 Å². The summed E-state index contributed by atoms with van der Waals surface area (Å²) in [5.74, 6) is -1.52. The molecule has 0 fully saturated rings. The van der Waals surface area contributed by atoms with E-state index in [0.717, 1.165) is 83.5 Å². The smallest absolute Gasteiger partial charge is 0.462 e. The minimum absolute atomic E-state index is 0.0971. The molecule has 3 unspecified atom stereocenters. The number of esters is 3. The SMILES string of the molecule is CC/C=C\C/C=C\C/C=C\C/C=C\C/C=C\CCCC(=O)OC(CO)COP(=O)(O)OCC(COC(=O)CCCCCCCCCCCCCCCCC)OC(=O)CCCCCCCCCCC/C=C\C/C=C\CCCCC. The predicted molar refractivity (Wildman–Crippen MR) is 325 cm³/mol. The zero-order valence-corrected chi connectivity index (χ0v) is 50.8. The van der Waals surface area contributed by atoms with Crippen LogP contribution in [0.1, 0.15) is 278 Å². The van der Waals surface area contributed by atoms with E-state index in [0.29, 0.717) is 25.7 Å². The van der Waals surface area contributed by atoms with Crippen molar-refractivity contribution in [2.75, 3.05) is 26.4 Å². The Balaban J connectivity index is 4.75. The minimum Gasteiger partial charge on any atom is -0.462 e. The summed E-state index contributed by atoms with van der Waals surface area (Å²) in [4.78, 5) is 48.7. The third kappa shape index (κ3) is 57.3. The van der Waals surface area contributed by atoms with E-state index in [-0.39, 0.29) is 25.9 Å². The van der Waals surface area contributed by atoms with Crippen LogP contribution in [0.15, 0.2) is 85.1 Å². The van der Waals surface area contributed by atoms with Crippen LogP contribution < -0.4 is 0 Å². The molecule has 0 aliphatic heterocycles. The van der Waals surface area contributed by atoms with E-state index in [9.17, 15) is 28.9 Å². The van der Waals surface area contributed by atoms with Crippen molar-refractivity contribution in [1.82, 2.24) is 0 Å². The van der Waals surface area contributed by atoms with Crippen molar-refractivity contribution in [2.24, 2.45) is 0 Å². The van der Waals surface area contributed by atoms with Gasteiger partial charge in [-0.1, -0.05) is 254 Å². The fraction of sp³-hybridized carbons (Fsp3) is 0.742. The second-order valence-electron chi connectivity index (χ2n) is 20.8. The number of ether oxygens (including phenoxy) is 3. The molecule has 11 nitrogen and oxygen atoms in total. The number of aliphatic hydroxyl groups excluding tert-OH is 1. The lowest BCUT2D eigenvalue weighted by atomic mass is 10.0. The Hall–Kier alpha value is -3.34. The molecule has 0 rings (SSSR count). The average Bonchev–Trinajstić information content (AvgIpc) is 3.43. The highest BCUT2D eigenvalue weighted by atomic mass is 31.2. The second-order valence-corrected chi connectivity index (χ2v) is 22.3. The van der Waals surface area contributed by atoms with Crippen LogP contribution in [0.4, 0.5) is 0 Å². The Bertz CT molecular complexity index is 1630. The fourth-order valence-corrected chi connectivity index (χ4v) is 9.32. The Labute approximate surface area is 477 Å². The molecule has 0 spiro atoms. The van der Waals surface area contributed by atoms with Gasteiger partial charge in [-0.25, -0.2) is 4.57 Å². The van der Waals surface area contributed by atoms with Crippen LogP contribution in [0.3, 0.4) is 0 Å². The van der Waals surface area contributed by atoms with Crippen molar-refractivity contribution in [2.45, 2.75) is 290 Å². The summed E-state index contributed by atoms with van der Waals surface area (Å²) in [6.45, 7) is 4.48. The van der Waals surface area contributed by atoms with Crippen molar-refractivity contribution in [3.8, 4) is 0 Å². The van der Waals surface area contributed by atoms with Crippen molar-refractivity contribution < 1.29 is 52.2 Å². The monoisotopic (exact) mass is 1110 g/mol. The Morgan fingerprint density at radius 3 is 1.10 bits per heavy atom. The second kappa shape index (κ2) is 59.8. The van der Waals surface area contributed by atoms with Gasteiger partial charge in [0.25, 0.3) is 0 Å². The van der Waals surface area contributed by atoms with E-state index in [1.54, 1.807) is 0 Å². The molecule has 0 aromatic rings. The number of phosphoric ester groups is 1. The lowest BCUT2D eigenvalue weighted by molar-refractivity contribution is -0.161. The van der Waals surface area contributed by atoms with E-state index >= 15 is 0 Å². The zero-order chi connectivity index (χ0) is 56.9. The van der Waals surface area contributed by atoms with Crippen molar-refractivity contribution in [3.05, 3.63) is 85.1 Å². The number of carbonyl (C=O) groups is 3. The lowest BCUT2D eigenvalue weighted by Crippen LogP contribution is -2.30. The molecule has 0 aromatic heterocycles. The van der Waals surface area contributed by atoms with Gasteiger partial charge < -0.3 is 24.2 Å². The van der Waals surface area contributed by atoms with Crippen molar-refractivity contribution in [1.29, 1.82) is 0 Å². The minimum atomic E-state index is -4.77. The standard InChI is InChI=1S/C66H115O11P/c1-4-7-10-13-16-19-22-25-28-30-31-33-36-39-42-45-48-51-54-57-66(70)77-63(59-73-64(68)55-52-49-46-43-40-37-34-27-24-21-18-15-12-9-6-3)61-75-78(71,72)74-60-62(58-67)76-65(69)56-53-50-47-44-41-38-35-32-29-26-23-20-17-14-11-8-5-2/h8,11,16-17,19-20,25-26,28-29,35,38,44,47,62-63,67H,4-7,9-10,12-15,18,21-24,27,30-34,36-37,39-43,45-46,48-61H2,1-3H3,(H,71,72)/b11-8-,19-16-,20-17-,28-25-,29-26-,38-35-,47-44-. The van der Waals surface area contributed by atoms with Gasteiger partial charge in [0.2, 0.25) is 0 Å². The highest BCUT2D eigenvalue weighted by molar-refractivity contribution is 7.47. The molecule has 2 N–H and O–H groups in total. The van der Waals surface area contributed by atoms with Gasteiger partial charge in [0.15, 0.2) is 6.10 Å². The number of aliphatic hydroxyl groups is 1. The highest BCUT2D eigenvalue weighted by Gasteiger charge is 2.28. The number of hydrogen-bond donors (Lipinski definition) is 2. The quantitative estimate of drug-likeness (QED) is 0.0197. The summed E-state index contributed by atoms with van der Waals surface area (Å²) in [5.41, 5.74) is 0. The van der Waals surface area contributed by atoms with Gasteiger partial charge in [0, 0.05) is 19.3 Å². The average molecular weight is 1120 g/mol. The lowest BCUT2D eigenvalue weighted by Gasteiger charge is -2.21. The molecular formula is C66H115O11P. The largest absolute Gasteiger partial charge is 0.472 e. The van der Waals surface area contributed by atoms with Gasteiger partial charge in [-0.15, -0.1) is 0 Å². The van der Waals surface area contributed by atoms with Gasteiger partial charge in [0.05, 0.1) is 19.8 Å². The molecule has 0 heterocycles. The molecular weight excluding hydrogens is 1000 g/mol. The molecule has 0 bridgehead atoms. The van der Waals surface area contributed by atoms with E-state index < -0.39 is 57.8 Å². The molecule has 0 aromatic carbocycles. The molecule has 0 aliphatic carbocycles. The molecule has 0 amide bonds. The summed E-state index contributed by atoms with van der Waals surface area (Å²) in [7, 11) is -4.77. The zero-order valence-electron chi connectivity index (χ0n) is 49.9. The summed E-state index contributed by atoms with van der Waals surface area (Å²) in [5, 5.41) is 9.83. The summed E-state index contributed by atoms with van der Waals surface area (Å²) in [6.07, 6.45) is 69.7. The summed E-state index contributed by atoms with van der Waals surface area (Å²) >= 11 is 0. The number of allylic oxidation sites excluding steroid dienone is 14.